The van der Waals surface area contributed by atoms with E-state index in [1.54, 1.807) is 17.1 Å². The second-order valence-electron chi connectivity index (χ2n) is 5.37. The van der Waals surface area contributed by atoms with Crippen LogP contribution in [0.1, 0.15) is 11.4 Å². The minimum atomic E-state index is -0.0997. The molecule has 0 atom stereocenters. The molecule has 2 heterocycles. The van der Waals surface area contributed by atoms with Gasteiger partial charge in [-0.1, -0.05) is 27.7 Å². The molecule has 0 aliphatic heterocycles. The molecule has 1 aromatic carbocycles. The van der Waals surface area contributed by atoms with Crippen LogP contribution in [0, 0.1) is 13.8 Å². The first-order valence-electron chi connectivity index (χ1n) is 7.56. The van der Waals surface area contributed by atoms with Crippen molar-refractivity contribution in [1.82, 2.24) is 19.7 Å². The van der Waals surface area contributed by atoms with Crippen LogP contribution in [0.3, 0.4) is 0 Å². The standard InChI is InChI=1S/C17H16BrN5OS/c1-11-9-12(2)23(22-11)16-17(20-8-7-19-16)25-10-15(24)21-14-5-3-13(18)4-6-14/h3-9H,10H2,1-2H3,(H,21,24). The van der Waals surface area contributed by atoms with Crippen molar-refractivity contribution in [2.75, 3.05) is 11.1 Å². The molecule has 8 heteroatoms. The van der Waals surface area contributed by atoms with E-state index in [-0.39, 0.29) is 11.7 Å². The second kappa shape index (κ2) is 7.79. The van der Waals surface area contributed by atoms with Crippen molar-refractivity contribution in [3.05, 3.63) is 58.6 Å². The van der Waals surface area contributed by atoms with Crippen LogP contribution in [0.25, 0.3) is 5.82 Å². The van der Waals surface area contributed by atoms with Gasteiger partial charge in [0.05, 0.1) is 11.4 Å². The van der Waals surface area contributed by atoms with Crippen LogP contribution in [-0.2, 0) is 4.79 Å². The summed E-state index contributed by atoms with van der Waals surface area (Å²) < 4.78 is 2.71. The number of halogens is 1. The van der Waals surface area contributed by atoms with E-state index in [1.165, 1.54) is 11.8 Å². The fourth-order valence-corrected chi connectivity index (χ4v) is 3.28. The molecule has 0 fully saturated rings. The van der Waals surface area contributed by atoms with Crippen LogP contribution in [0.5, 0.6) is 0 Å². The predicted octanol–water partition coefficient (Wildman–Crippen LogP) is 3.77. The minimum absolute atomic E-state index is 0.0997. The van der Waals surface area contributed by atoms with Crippen LogP contribution in [0.4, 0.5) is 5.69 Å². The average Bonchev–Trinajstić information content (AvgIpc) is 2.93. The molecule has 1 amide bonds. The molecule has 0 aliphatic rings. The largest absolute Gasteiger partial charge is 0.325 e. The van der Waals surface area contributed by atoms with Gasteiger partial charge in [-0.25, -0.2) is 14.6 Å². The third-order valence-corrected chi connectivity index (χ3v) is 4.82. The molecular formula is C17H16BrN5OS. The van der Waals surface area contributed by atoms with Crippen molar-refractivity contribution in [1.29, 1.82) is 0 Å². The van der Waals surface area contributed by atoms with Crippen LogP contribution in [0.2, 0.25) is 0 Å². The number of thioether (sulfide) groups is 1. The van der Waals surface area contributed by atoms with E-state index >= 15 is 0 Å². The molecule has 1 N–H and O–H groups in total. The third kappa shape index (κ3) is 4.46. The van der Waals surface area contributed by atoms with E-state index in [4.69, 9.17) is 0 Å². The Morgan fingerprint density at radius 3 is 2.60 bits per heavy atom. The number of nitrogens with zero attached hydrogens (tertiary/aromatic N) is 4. The second-order valence-corrected chi connectivity index (χ2v) is 7.25. The zero-order valence-corrected chi connectivity index (χ0v) is 16.1. The highest BCUT2D eigenvalue weighted by Crippen LogP contribution is 2.23. The fraction of sp³-hybridized carbons (Fsp3) is 0.176. The fourth-order valence-electron chi connectivity index (χ4n) is 2.27. The number of hydrogen-bond donors (Lipinski definition) is 1. The highest BCUT2D eigenvalue weighted by atomic mass is 79.9. The molecule has 0 saturated heterocycles. The number of aryl methyl sites for hydroxylation is 2. The molecule has 128 valence electrons. The minimum Gasteiger partial charge on any atom is -0.325 e. The molecule has 6 nitrogen and oxygen atoms in total. The molecule has 3 aromatic rings. The van der Waals surface area contributed by atoms with Gasteiger partial charge >= 0.3 is 0 Å². The van der Waals surface area contributed by atoms with Crippen molar-refractivity contribution >= 4 is 39.3 Å². The first-order valence-corrected chi connectivity index (χ1v) is 9.33. The molecule has 0 unspecified atom stereocenters. The molecule has 0 saturated carbocycles. The first-order chi connectivity index (χ1) is 12.0. The van der Waals surface area contributed by atoms with Gasteiger partial charge in [0.1, 0.15) is 5.03 Å². The Balaban J connectivity index is 1.70. The quantitative estimate of drug-likeness (QED) is 0.639. The van der Waals surface area contributed by atoms with Gasteiger partial charge in [0.2, 0.25) is 5.91 Å². The van der Waals surface area contributed by atoms with E-state index in [1.807, 2.05) is 44.2 Å². The van der Waals surface area contributed by atoms with Crippen molar-refractivity contribution < 1.29 is 4.79 Å². The van der Waals surface area contributed by atoms with E-state index in [2.05, 4.69) is 36.3 Å². The van der Waals surface area contributed by atoms with Gasteiger partial charge in [0, 0.05) is 28.2 Å². The number of hydrogen-bond acceptors (Lipinski definition) is 5. The highest BCUT2D eigenvalue weighted by Gasteiger charge is 2.13. The Bertz CT molecular complexity index is 894. The van der Waals surface area contributed by atoms with Crippen LogP contribution < -0.4 is 5.32 Å². The van der Waals surface area contributed by atoms with Crippen molar-refractivity contribution in [2.45, 2.75) is 18.9 Å². The van der Waals surface area contributed by atoms with Gasteiger partial charge in [-0.05, 0) is 44.2 Å². The summed E-state index contributed by atoms with van der Waals surface area (Å²) in [7, 11) is 0. The third-order valence-electron chi connectivity index (χ3n) is 3.32. The lowest BCUT2D eigenvalue weighted by Gasteiger charge is -2.09. The summed E-state index contributed by atoms with van der Waals surface area (Å²) in [5, 5.41) is 7.97. The van der Waals surface area contributed by atoms with Crippen molar-refractivity contribution in [3.8, 4) is 5.82 Å². The normalized spacial score (nSPS) is 10.7. The number of amides is 1. The van der Waals surface area contributed by atoms with Gasteiger partial charge in [0.25, 0.3) is 0 Å². The Morgan fingerprint density at radius 2 is 1.92 bits per heavy atom. The maximum atomic E-state index is 12.2. The summed E-state index contributed by atoms with van der Waals surface area (Å²) in [5.74, 6) is 0.771. The zero-order valence-electron chi connectivity index (χ0n) is 13.7. The maximum absolute atomic E-state index is 12.2. The summed E-state index contributed by atoms with van der Waals surface area (Å²) in [6.07, 6.45) is 3.24. The lowest BCUT2D eigenvalue weighted by atomic mass is 10.3. The van der Waals surface area contributed by atoms with Crippen molar-refractivity contribution in [2.24, 2.45) is 0 Å². The van der Waals surface area contributed by atoms with Crippen LogP contribution >= 0.6 is 27.7 Å². The summed E-state index contributed by atoms with van der Waals surface area (Å²) in [6.45, 7) is 3.89. The molecule has 0 aliphatic carbocycles. The van der Waals surface area contributed by atoms with E-state index < -0.39 is 0 Å². The average molecular weight is 418 g/mol. The molecular weight excluding hydrogens is 402 g/mol. The zero-order chi connectivity index (χ0) is 17.8. The van der Waals surface area contributed by atoms with E-state index in [9.17, 15) is 4.79 Å². The summed E-state index contributed by atoms with van der Waals surface area (Å²) in [5.41, 5.74) is 2.64. The molecule has 3 rings (SSSR count). The number of nitrogens with one attached hydrogen (secondary N) is 1. The van der Waals surface area contributed by atoms with Crippen LogP contribution in [0.15, 0.2) is 52.2 Å². The lowest BCUT2D eigenvalue weighted by molar-refractivity contribution is -0.113. The summed E-state index contributed by atoms with van der Waals surface area (Å²) in [4.78, 5) is 20.9. The van der Waals surface area contributed by atoms with Gasteiger partial charge in [-0.15, -0.1) is 0 Å². The van der Waals surface area contributed by atoms with Gasteiger partial charge < -0.3 is 5.32 Å². The van der Waals surface area contributed by atoms with Crippen LogP contribution in [-0.4, -0.2) is 31.4 Å². The van der Waals surface area contributed by atoms with E-state index in [0.29, 0.717) is 10.8 Å². The smallest absolute Gasteiger partial charge is 0.234 e. The van der Waals surface area contributed by atoms with Crippen molar-refractivity contribution in [3.63, 3.8) is 0 Å². The topological polar surface area (TPSA) is 72.7 Å². The monoisotopic (exact) mass is 417 g/mol. The summed E-state index contributed by atoms with van der Waals surface area (Å²) in [6, 6.07) is 9.43. The number of anilines is 1. The number of carbonyl (C=O) groups excluding carboxylic acids is 1. The Labute approximate surface area is 158 Å². The SMILES string of the molecule is Cc1cc(C)n(-c2nccnc2SCC(=O)Nc2ccc(Br)cc2)n1. The molecule has 25 heavy (non-hydrogen) atoms. The Hall–Kier alpha value is -2.19. The maximum Gasteiger partial charge on any atom is 0.234 e. The predicted molar refractivity (Wildman–Crippen MR) is 102 cm³/mol. The number of benzene rings is 1. The summed E-state index contributed by atoms with van der Waals surface area (Å²) >= 11 is 4.70. The van der Waals surface area contributed by atoms with Gasteiger partial charge in [0.15, 0.2) is 5.82 Å². The molecule has 0 spiro atoms. The molecule has 0 bridgehead atoms. The number of carbonyl (C=O) groups is 1. The Kier molecular flexibility index (Phi) is 5.50. The molecule has 2 aromatic heterocycles. The van der Waals surface area contributed by atoms with Gasteiger partial charge in [-0.2, -0.15) is 5.10 Å². The highest BCUT2D eigenvalue weighted by molar-refractivity contribution is 9.10. The lowest BCUT2D eigenvalue weighted by Crippen LogP contribution is -2.14. The number of aromatic nitrogens is 4. The van der Waals surface area contributed by atoms with Gasteiger partial charge in [-0.3, -0.25) is 4.79 Å². The molecule has 0 radical (unpaired) electrons. The van der Waals surface area contributed by atoms with E-state index in [0.717, 1.165) is 21.5 Å². The Morgan fingerprint density at radius 1 is 1.20 bits per heavy atom. The number of rotatable bonds is 5. The first kappa shape index (κ1) is 17.6.